The summed E-state index contributed by atoms with van der Waals surface area (Å²) >= 11 is 3.40. The number of carbonyl (C=O) groups excluding carboxylic acids is 1. The number of nitrogens with zero attached hydrogens (tertiary/aromatic N) is 1. The van der Waals surface area contributed by atoms with Gasteiger partial charge < -0.3 is 10.4 Å². The Balaban J connectivity index is 2.76. The topological polar surface area (TPSA) is 69.6 Å². The van der Waals surface area contributed by atoms with Crippen LogP contribution in [-0.2, 0) is 10.3 Å². The van der Waals surface area contributed by atoms with E-state index in [1.54, 1.807) is 6.07 Å². The predicted octanol–water partition coefficient (Wildman–Crippen LogP) is 2.80. The van der Waals surface area contributed by atoms with Crippen LogP contribution in [0.1, 0.15) is 26.3 Å². The van der Waals surface area contributed by atoms with Crippen molar-refractivity contribution >= 4 is 27.9 Å². The number of rotatable bonds is 1. The van der Waals surface area contributed by atoms with Gasteiger partial charge in [0.05, 0.1) is 0 Å². The van der Waals surface area contributed by atoms with Crippen molar-refractivity contribution in [3.05, 3.63) is 34.3 Å². The zero-order valence-electron chi connectivity index (χ0n) is 12.3. The minimum atomic E-state index is -1.25. The fourth-order valence-corrected chi connectivity index (χ4v) is 3.52. The summed E-state index contributed by atoms with van der Waals surface area (Å²) in [5.41, 5.74) is -1.18. The highest BCUT2D eigenvalue weighted by Gasteiger charge is 2.57. The summed E-state index contributed by atoms with van der Waals surface area (Å²) in [5.74, 6) is -0.276. The van der Waals surface area contributed by atoms with E-state index in [2.05, 4.69) is 21.2 Å². The number of carbonyl (C=O) groups is 2. The fourth-order valence-electron chi connectivity index (χ4n) is 3.12. The van der Waals surface area contributed by atoms with Crippen LogP contribution in [0.3, 0.4) is 0 Å². The second-order valence-corrected chi connectivity index (χ2v) is 7.08. The lowest BCUT2D eigenvalue weighted by Crippen LogP contribution is -2.69. The average Bonchev–Trinajstić information content (AvgIpc) is 2.36. The number of piperazine rings is 1. The van der Waals surface area contributed by atoms with Crippen LogP contribution in [0.15, 0.2) is 28.7 Å². The number of hydrogen-bond donors (Lipinski definition) is 2. The minimum absolute atomic E-state index is 0.269. The second-order valence-electron chi connectivity index (χ2n) is 6.16. The van der Waals surface area contributed by atoms with E-state index in [1.807, 2.05) is 39.0 Å². The zero-order chi connectivity index (χ0) is 15.8. The van der Waals surface area contributed by atoms with Crippen molar-refractivity contribution in [2.45, 2.75) is 26.3 Å². The van der Waals surface area contributed by atoms with E-state index in [0.717, 1.165) is 4.47 Å². The number of nitrogens with one attached hydrogen (secondary N) is 1. The lowest BCUT2D eigenvalue weighted by atomic mass is 9.66. The molecule has 2 rings (SSSR count). The molecule has 1 fully saturated rings. The highest BCUT2D eigenvalue weighted by atomic mass is 79.9. The van der Waals surface area contributed by atoms with E-state index in [9.17, 15) is 14.7 Å². The lowest BCUT2D eigenvalue weighted by molar-refractivity contribution is -0.145. The molecule has 1 unspecified atom stereocenters. The fraction of sp³-hybridized carbons (Fsp3) is 0.467. The van der Waals surface area contributed by atoms with Crippen molar-refractivity contribution in [2.24, 2.45) is 5.41 Å². The van der Waals surface area contributed by atoms with Gasteiger partial charge in [-0.15, -0.1) is 0 Å². The molecular formula is C15H19BrN2O3. The minimum Gasteiger partial charge on any atom is -0.465 e. The van der Waals surface area contributed by atoms with Gasteiger partial charge in [-0.3, -0.25) is 9.69 Å². The molecule has 0 aromatic heterocycles. The molecule has 0 spiro atoms. The standard InChI is InChI=1S/C15H19BrN2O3/c1-14(2,3)15(10-5-4-6-11(16)9-10)12(19)17-7-8-18(15)13(20)21/h4-6,9H,7-8H2,1-3H3,(H,17,19)(H,20,21). The molecule has 2 N–H and O–H groups in total. The van der Waals surface area contributed by atoms with Crippen LogP contribution in [0.2, 0.25) is 0 Å². The molecular weight excluding hydrogens is 336 g/mol. The van der Waals surface area contributed by atoms with Gasteiger partial charge in [-0.25, -0.2) is 4.79 Å². The van der Waals surface area contributed by atoms with Crippen molar-refractivity contribution in [3.63, 3.8) is 0 Å². The Hall–Kier alpha value is -1.56. The van der Waals surface area contributed by atoms with Crippen LogP contribution >= 0.6 is 15.9 Å². The first kappa shape index (κ1) is 15.8. The molecule has 1 atom stereocenters. The zero-order valence-corrected chi connectivity index (χ0v) is 13.9. The van der Waals surface area contributed by atoms with E-state index < -0.39 is 17.0 Å². The van der Waals surface area contributed by atoms with Gasteiger partial charge in [0.2, 0.25) is 0 Å². The van der Waals surface area contributed by atoms with Crippen molar-refractivity contribution in [1.82, 2.24) is 10.2 Å². The summed E-state index contributed by atoms with van der Waals surface area (Å²) in [7, 11) is 0. The summed E-state index contributed by atoms with van der Waals surface area (Å²) in [5, 5.41) is 12.4. The maximum Gasteiger partial charge on any atom is 0.408 e. The van der Waals surface area contributed by atoms with Crippen molar-refractivity contribution in [1.29, 1.82) is 0 Å². The third-order valence-electron chi connectivity index (χ3n) is 3.91. The largest absolute Gasteiger partial charge is 0.465 e. The first-order valence-electron chi connectivity index (χ1n) is 6.76. The summed E-state index contributed by atoms with van der Waals surface area (Å²) in [6.07, 6.45) is -1.08. The monoisotopic (exact) mass is 354 g/mol. The molecule has 0 saturated carbocycles. The Labute approximate surface area is 132 Å². The smallest absolute Gasteiger partial charge is 0.408 e. The highest BCUT2D eigenvalue weighted by molar-refractivity contribution is 9.10. The Morgan fingerprint density at radius 2 is 2.10 bits per heavy atom. The Morgan fingerprint density at radius 3 is 2.62 bits per heavy atom. The van der Waals surface area contributed by atoms with Gasteiger partial charge in [0, 0.05) is 17.6 Å². The second kappa shape index (κ2) is 5.33. The number of benzene rings is 1. The summed E-state index contributed by atoms with van der Waals surface area (Å²) in [6.45, 7) is 6.25. The summed E-state index contributed by atoms with van der Waals surface area (Å²) < 4.78 is 0.812. The van der Waals surface area contributed by atoms with E-state index >= 15 is 0 Å². The van der Waals surface area contributed by atoms with Gasteiger partial charge in [-0.1, -0.05) is 48.8 Å². The molecule has 0 aliphatic carbocycles. The molecule has 0 radical (unpaired) electrons. The average molecular weight is 355 g/mol. The first-order chi connectivity index (χ1) is 9.71. The molecule has 21 heavy (non-hydrogen) atoms. The van der Waals surface area contributed by atoms with Crippen molar-refractivity contribution in [2.75, 3.05) is 13.1 Å². The van der Waals surface area contributed by atoms with Gasteiger partial charge in [-0.05, 0) is 23.1 Å². The number of halogens is 1. The van der Waals surface area contributed by atoms with Crippen LogP contribution in [-0.4, -0.2) is 35.1 Å². The van der Waals surface area contributed by atoms with Crippen LogP contribution < -0.4 is 5.32 Å². The van der Waals surface area contributed by atoms with Crippen molar-refractivity contribution in [3.8, 4) is 0 Å². The molecule has 1 heterocycles. The summed E-state index contributed by atoms with van der Waals surface area (Å²) in [6, 6.07) is 7.28. The number of hydrogen-bond acceptors (Lipinski definition) is 2. The number of carboxylic acid groups (broad SMARTS) is 1. The quantitative estimate of drug-likeness (QED) is 0.814. The molecule has 0 bridgehead atoms. The Bertz CT molecular complexity index is 583. The SMILES string of the molecule is CC(C)(C)C1(c2cccc(Br)c2)C(=O)NCCN1C(=O)O. The van der Waals surface area contributed by atoms with E-state index in [4.69, 9.17) is 0 Å². The normalized spacial score (nSPS) is 22.9. The van der Waals surface area contributed by atoms with E-state index in [0.29, 0.717) is 12.1 Å². The summed E-state index contributed by atoms with van der Waals surface area (Å²) in [4.78, 5) is 25.8. The first-order valence-corrected chi connectivity index (χ1v) is 7.55. The van der Waals surface area contributed by atoms with Gasteiger partial charge in [-0.2, -0.15) is 0 Å². The third-order valence-corrected chi connectivity index (χ3v) is 4.41. The van der Waals surface area contributed by atoms with Crippen LogP contribution in [0.4, 0.5) is 4.79 Å². The third kappa shape index (κ3) is 2.41. The van der Waals surface area contributed by atoms with Crippen LogP contribution in [0.25, 0.3) is 0 Å². The Morgan fingerprint density at radius 1 is 1.43 bits per heavy atom. The molecule has 6 heteroatoms. The molecule has 1 aromatic rings. The van der Waals surface area contributed by atoms with E-state index in [-0.39, 0.29) is 12.5 Å². The van der Waals surface area contributed by atoms with Gasteiger partial charge in [0.1, 0.15) is 0 Å². The maximum absolute atomic E-state index is 12.8. The number of amides is 2. The molecule has 1 aromatic carbocycles. The van der Waals surface area contributed by atoms with Gasteiger partial charge in [0.25, 0.3) is 5.91 Å². The molecule has 1 aliphatic rings. The van der Waals surface area contributed by atoms with Crippen molar-refractivity contribution < 1.29 is 14.7 Å². The molecule has 1 saturated heterocycles. The lowest BCUT2D eigenvalue weighted by Gasteiger charge is -2.52. The Kier molecular flexibility index (Phi) is 4.02. The molecule has 2 amide bonds. The van der Waals surface area contributed by atoms with Gasteiger partial charge in [0.15, 0.2) is 5.54 Å². The van der Waals surface area contributed by atoms with Crippen LogP contribution in [0.5, 0.6) is 0 Å². The van der Waals surface area contributed by atoms with Crippen LogP contribution in [0, 0.1) is 5.41 Å². The molecule has 1 aliphatic heterocycles. The molecule has 114 valence electrons. The van der Waals surface area contributed by atoms with Gasteiger partial charge >= 0.3 is 6.09 Å². The predicted molar refractivity (Wildman–Crippen MR) is 83.0 cm³/mol. The highest BCUT2D eigenvalue weighted by Crippen LogP contribution is 2.46. The maximum atomic E-state index is 12.8. The van der Waals surface area contributed by atoms with E-state index in [1.165, 1.54) is 4.90 Å². The molecule has 5 nitrogen and oxygen atoms in total.